The van der Waals surface area contributed by atoms with Crippen molar-refractivity contribution in [1.29, 1.82) is 0 Å². The number of hydrogen-bond acceptors (Lipinski definition) is 4. The highest BCUT2D eigenvalue weighted by molar-refractivity contribution is 5.95. The van der Waals surface area contributed by atoms with E-state index in [-0.39, 0.29) is 12.0 Å². The highest BCUT2D eigenvalue weighted by atomic mass is 16.5. The van der Waals surface area contributed by atoms with Crippen molar-refractivity contribution < 1.29 is 9.53 Å². The monoisotopic (exact) mass is 367 g/mol. The maximum atomic E-state index is 13.0. The smallest absolute Gasteiger partial charge is 0.226 e. The van der Waals surface area contributed by atoms with Crippen molar-refractivity contribution in [2.75, 3.05) is 18.9 Å². The van der Waals surface area contributed by atoms with Crippen LogP contribution in [0.25, 0.3) is 10.9 Å². The molecule has 1 saturated carbocycles. The molecule has 0 unspecified atom stereocenters. The lowest BCUT2D eigenvalue weighted by atomic mass is 9.88. The Bertz CT molecular complexity index is 830. The van der Waals surface area contributed by atoms with E-state index >= 15 is 0 Å². The number of rotatable bonds is 4. The molecule has 1 aromatic heterocycles. The van der Waals surface area contributed by atoms with Crippen LogP contribution in [0.1, 0.15) is 50.6 Å². The summed E-state index contributed by atoms with van der Waals surface area (Å²) in [6.07, 6.45) is 7.81. The van der Waals surface area contributed by atoms with E-state index in [4.69, 9.17) is 10.5 Å². The van der Waals surface area contributed by atoms with Crippen molar-refractivity contribution in [2.24, 2.45) is 5.92 Å². The van der Waals surface area contributed by atoms with Gasteiger partial charge >= 0.3 is 0 Å². The fourth-order valence-corrected chi connectivity index (χ4v) is 4.61. The number of carbonyl (C=O) groups is 1. The molecule has 2 aromatic rings. The van der Waals surface area contributed by atoms with E-state index in [2.05, 4.69) is 9.88 Å². The number of likely N-dealkylation sites (tertiary alicyclic amines) is 1. The minimum Gasteiger partial charge on any atom is -0.491 e. The molecule has 1 amide bonds. The molecule has 2 heterocycles. The molecule has 2 aliphatic rings. The minimum atomic E-state index is 0.161. The number of hydrogen-bond donors (Lipinski definition) is 1. The van der Waals surface area contributed by atoms with Gasteiger partial charge in [-0.3, -0.25) is 9.78 Å². The minimum absolute atomic E-state index is 0.161. The van der Waals surface area contributed by atoms with Crippen LogP contribution in [0.2, 0.25) is 0 Å². The van der Waals surface area contributed by atoms with Gasteiger partial charge in [-0.05, 0) is 50.8 Å². The lowest BCUT2D eigenvalue weighted by molar-refractivity contribution is -0.137. The van der Waals surface area contributed by atoms with Gasteiger partial charge in [-0.1, -0.05) is 25.3 Å². The van der Waals surface area contributed by atoms with Crippen LogP contribution in [0.3, 0.4) is 0 Å². The zero-order valence-corrected chi connectivity index (χ0v) is 16.1. The number of nitrogens with zero attached hydrogens (tertiary/aromatic N) is 2. The van der Waals surface area contributed by atoms with Crippen molar-refractivity contribution in [3.63, 3.8) is 0 Å². The van der Waals surface area contributed by atoms with Gasteiger partial charge in [0.25, 0.3) is 0 Å². The van der Waals surface area contributed by atoms with Crippen molar-refractivity contribution in [1.82, 2.24) is 9.88 Å². The first-order valence-corrected chi connectivity index (χ1v) is 10.2. The molecular weight excluding hydrogens is 338 g/mol. The van der Waals surface area contributed by atoms with Crippen LogP contribution in [0.5, 0.6) is 5.75 Å². The molecular formula is C22H29N3O2. The number of aromatic nitrogens is 1. The topological polar surface area (TPSA) is 68.5 Å². The largest absolute Gasteiger partial charge is 0.491 e. The average Bonchev–Trinajstić information content (AvgIpc) is 3.14. The predicted molar refractivity (Wildman–Crippen MR) is 108 cm³/mol. The quantitative estimate of drug-likeness (QED) is 0.884. The summed E-state index contributed by atoms with van der Waals surface area (Å²) >= 11 is 0. The Morgan fingerprint density at radius 1 is 1.22 bits per heavy atom. The van der Waals surface area contributed by atoms with E-state index in [1.807, 2.05) is 31.2 Å². The zero-order valence-electron chi connectivity index (χ0n) is 16.1. The Balaban J connectivity index is 1.48. The summed E-state index contributed by atoms with van der Waals surface area (Å²) in [6.45, 7) is 3.32. The summed E-state index contributed by atoms with van der Waals surface area (Å²) in [6, 6.07) is 7.89. The third-order valence-corrected chi connectivity index (χ3v) is 6.00. The number of pyridine rings is 1. The first-order chi connectivity index (χ1) is 13.1. The SMILES string of the molecule is Cc1cc(N)c2c(OC[C@@H]3CCCN3C(=O)C3CCCCC3)cccc2n1. The van der Waals surface area contributed by atoms with Gasteiger partial charge in [0.2, 0.25) is 5.91 Å². The summed E-state index contributed by atoms with van der Waals surface area (Å²) in [5.41, 5.74) is 8.67. The normalized spacial score (nSPS) is 20.9. The molecule has 0 radical (unpaired) electrons. The van der Waals surface area contributed by atoms with E-state index < -0.39 is 0 Å². The number of nitrogens with two attached hydrogens (primary N) is 1. The highest BCUT2D eigenvalue weighted by Crippen LogP contribution is 2.32. The van der Waals surface area contributed by atoms with Crippen molar-refractivity contribution >= 4 is 22.5 Å². The van der Waals surface area contributed by atoms with Crippen LogP contribution in [0.15, 0.2) is 24.3 Å². The molecule has 0 spiro atoms. The van der Waals surface area contributed by atoms with Crippen molar-refractivity contribution in [3.05, 3.63) is 30.0 Å². The molecule has 5 nitrogen and oxygen atoms in total. The number of carbonyl (C=O) groups excluding carboxylic acids is 1. The van der Waals surface area contributed by atoms with Crippen LogP contribution in [0, 0.1) is 12.8 Å². The molecule has 1 aliphatic carbocycles. The summed E-state index contributed by atoms with van der Waals surface area (Å²) in [7, 11) is 0. The van der Waals surface area contributed by atoms with Gasteiger partial charge in [-0.15, -0.1) is 0 Å². The third kappa shape index (κ3) is 3.73. The van der Waals surface area contributed by atoms with Gasteiger partial charge in [0, 0.05) is 23.8 Å². The highest BCUT2D eigenvalue weighted by Gasteiger charge is 2.34. The Labute approximate surface area is 160 Å². The van der Waals surface area contributed by atoms with Crippen molar-refractivity contribution in [2.45, 2.75) is 57.9 Å². The standard InChI is InChI=1S/C22H29N3O2/c1-15-13-18(23)21-19(24-15)10-5-11-20(21)27-14-17-9-6-12-25(17)22(26)16-7-3-2-4-8-16/h5,10-11,13,16-17H,2-4,6-9,12,14H2,1H3,(H2,23,24)/t17-/m0/s1. The third-order valence-electron chi connectivity index (χ3n) is 6.00. The maximum absolute atomic E-state index is 13.0. The molecule has 144 valence electrons. The Morgan fingerprint density at radius 2 is 2.04 bits per heavy atom. The van der Waals surface area contributed by atoms with E-state index in [0.29, 0.717) is 18.2 Å². The number of fused-ring (bicyclic) bond motifs is 1. The Hall–Kier alpha value is -2.30. The fraction of sp³-hybridized carbons (Fsp3) is 0.545. The van der Waals surface area contributed by atoms with Crippen molar-refractivity contribution in [3.8, 4) is 5.75 Å². The van der Waals surface area contributed by atoms with Crippen LogP contribution >= 0.6 is 0 Å². The molecule has 1 aliphatic heterocycles. The molecule has 1 saturated heterocycles. The number of nitrogen functional groups attached to an aromatic ring is 1. The number of benzene rings is 1. The lowest BCUT2D eigenvalue weighted by Gasteiger charge is -2.30. The Kier molecular flexibility index (Phi) is 5.19. The first-order valence-electron chi connectivity index (χ1n) is 10.2. The Morgan fingerprint density at radius 3 is 2.85 bits per heavy atom. The number of amides is 1. The summed E-state index contributed by atoms with van der Waals surface area (Å²) in [5.74, 6) is 1.32. The number of aryl methyl sites for hydroxylation is 1. The molecule has 2 fully saturated rings. The van der Waals surface area contributed by atoms with Gasteiger partial charge < -0.3 is 15.4 Å². The van der Waals surface area contributed by atoms with Gasteiger partial charge in [0.1, 0.15) is 12.4 Å². The number of ether oxygens (including phenoxy) is 1. The molecule has 5 heteroatoms. The molecule has 1 atom stereocenters. The second-order valence-corrected chi connectivity index (χ2v) is 7.98. The predicted octanol–water partition coefficient (Wildman–Crippen LogP) is 4.08. The van der Waals surface area contributed by atoms with E-state index in [0.717, 1.165) is 54.6 Å². The molecule has 27 heavy (non-hydrogen) atoms. The molecule has 1 aromatic carbocycles. The van der Waals surface area contributed by atoms with Crippen LogP contribution in [-0.4, -0.2) is 35.0 Å². The second-order valence-electron chi connectivity index (χ2n) is 7.98. The first kappa shape index (κ1) is 18.1. The van der Waals surface area contributed by atoms with Gasteiger partial charge in [0.15, 0.2) is 0 Å². The molecule has 4 rings (SSSR count). The van der Waals surface area contributed by atoms with E-state index in [1.54, 1.807) is 0 Å². The fourth-order valence-electron chi connectivity index (χ4n) is 4.61. The van der Waals surface area contributed by atoms with Crippen LogP contribution in [0.4, 0.5) is 5.69 Å². The van der Waals surface area contributed by atoms with Gasteiger partial charge in [-0.25, -0.2) is 0 Å². The maximum Gasteiger partial charge on any atom is 0.226 e. The summed E-state index contributed by atoms with van der Waals surface area (Å²) in [5, 5.41) is 0.867. The zero-order chi connectivity index (χ0) is 18.8. The average molecular weight is 367 g/mol. The van der Waals surface area contributed by atoms with E-state index in [1.165, 1.54) is 19.3 Å². The number of anilines is 1. The van der Waals surface area contributed by atoms with Crippen LogP contribution < -0.4 is 10.5 Å². The van der Waals surface area contributed by atoms with Gasteiger partial charge in [0.05, 0.1) is 16.9 Å². The summed E-state index contributed by atoms with van der Waals surface area (Å²) in [4.78, 5) is 19.6. The second kappa shape index (κ2) is 7.75. The molecule has 2 N–H and O–H groups in total. The summed E-state index contributed by atoms with van der Waals surface area (Å²) < 4.78 is 6.18. The van der Waals surface area contributed by atoms with E-state index in [9.17, 15) is 4.79 Å². The lowest BCUT2D eigenvalue weighted by Crippen LogP contribution is -2.42. The van der Waals surface area contributed by atoms with Crippen LogP contribution in [-0.2, 0) is 4.79 Å². The molecule has 0 bridgehead atoms. The van der Waals surface area contributed by atoms with Gasteiger partial charge in [-0.2, -0.15) is 0 Å².